The molecule has 0 bridgehead atoms. The maximum absolute atomic E-state index is 13.3. The molecule has 1 unspecified atom stereocenters. The smallest absolute Gasteiger partial charge is 0.159 e. The van der Waals surface area contributed by atoms with E-state index in [9.17, 15) is 8.78 Å². The van der Waals surface area contributed by atoms with Crippen LogP contribution in [0.5, 0.6) is 0 Å². The maximum atomic E-state index is 13.3. The number of nitrogens with two attached hydrogens (primary N) is 1. The van der Waals surface area contributed by atoms with Gasteiger partial charge >= 0.3 is 0 Å². The Kier molecular flexibility index (Phi) is 3.99. The summed E-state index contributed by atoms with van der Waals surface area (Å²) in [6.07, 6.45) is 2.52. The third-order valence-corrected chi connectivity index (χ3v) is 4.31. The molecule has 1 atom stereocenters. The quantitative estimate of drug-likeness (QED) is 0.670. The van der Waals surface area contributed by atoms with E-state index in [4.69, 9.17) is 5.84 Å². The van der Waals surface area contributed by atoms with E-state index >= 15 is 0 Å². The minimum Gasteiger partial charge on any atom is -0.271 e. The highest BCUT2D eigenvalue weighted by Gasteiger charge is 2.28. The number of nitrogens with one attached hydrogen (secondary N) is 1. The zero-order valence-electron chi connectivity index (χ0n) is 11.7. The van der Waals surface area contributed by atoms with Crippen molar-refractivity contribution in [2.45, 2.75) is 25.3 Å². The molecule has 0 saturated heterocycles. The van der Waals surface area contributed by atoms with Crippen LogP contribution < -0.4 is 11.3 Å². The van der Waals surface area contributed by atoms with Gasteiger partial charge in [-0.15, -0.1) is 0 Å². The first kappa shape index (κ1) is 14.2. The molecule has 2 aromatic carbocycles. The summed E-state index contributed by atoms with van der Waals surface area (Å²) in [7, 11) is 0. The summed E-state index contributed by atoms with van der Waals surface area (Å²) in [4.78, 5) is 0. The monoisotopic (exact) mass is 288 g/mol. The standard InChI is InChI=1S/C17H18F2N2/c18-15-6-5-11(7-16(15)19)8-17(21-20)14-9-12-3-1-2-4-13(12)10-14/h1-7,14,17,21H,8-10,20H2. The van der Waals surface area contributed by atoms with Crippen molar-refractivity contribution in [3.05, 3.63) is 70.8 Å². The van der Waals surface area contributed by atoms with Gasteiger partial charge in [0.2, 0.25) is 0 Å². The fraction of sp³-hybridized carbons (Fsp3) is 0.294. The van der Waals surface area contributed by atoms with Gasteiger partial charge in [0.1, 0.15) is 0 Å². The van der Waals surface area contributed by atoms with E-state index in [0.717, 1.165) is 18.4 Å². The van der Waals surface area contributed by atoms with Crippen LogP contribution in [-0.2, 0) is 19.3 Å². The van der Waals surface area contributed by atoms with Crippen molar-refractivity contribution in [3.63, 3.8) is 0 Å². The lowest BCUT2D eigenvalue weighted by atomic mass is 9.91. The highest BCUT2D eigenvalue weighted by atomic mass is 19.2. The maximum Gasteiger partial charge on any atom is 0.159 e. The van der Waals surface area contributed by atoms with Crippen LogP contribution in [0.2, 0.25) is 0 Å². The van der Waals surface area contributed by atoms with E-state index in [1.54, 1.807) is 6.07 Å². The normalized spacial score (nSPS) is 16.0. The van der Waals surface area contributed by atoms with E-state index in [2.05, 4.69) is 17.6 Å². The molecule has 0 heterocycles. The van der Waals surface area contributed by atoms with Gasteiger partial charge < -0.3 is 0 Å². The average Bonchev–Trinajstić information content (AvgIpc) is 2.92. The third-order valence-electron chi connectivity index (χ3n) is 4.31. The first-order chi connectivity index (χ1) is 10.2. The largest absolute Gasteiger partial charge is 0.271 e. The molecule has 0 amide bonds. The van der Waals surface area contributed by atoms with Crippen molar-refractivity contribution in [1.29, 1.82) is 0 Å². The molecule has 0 spiro atoms. The molecule has 3 N–H and O–H groups in total. The fourth-order valence-electron chi connectivity index (χ4n) is 3.16. The molecule has 21 heavy (non-hydrogen) atoms. The lowest BCUT2D eigenvalue weighted by Crippen LogP contribution is -2.42. The number of rotatable bonds is 4. The van der Waals surface area contributed by atoms with Crippen LogP contribution in [-0.4, -0.2) is 6.04 Å². The highest BCUT2D eigenvalue weighted by Crippen LogP contribution is 2.29. The van der Waals surface area contributed by atoms with Crippen molar-refractivity contribution in [3.8, 4) is 0 Å². The Hall–Kier alpha value is -1.78. The van der Waals surface area contributed by atoms with Crippen LogP contribution in [0.25, 0.3) is 0 Å². The van der Waals surface area contributed by atoms with Gasteiger partial charge in [0.05, 0.1) is 0 Å². The lowest BCUT2D eigenvalue weighted by molar-refractivity contribution is 0.366. The summed E-state index contributed by atoms with van der Waals surface area (Å²) in [6.45, 7) is 0. The van der Waals surface area contributed by atoms with Crippen molar-refractivity contribution < 1.29 is 8.78 Å². The van der Waals surface area contributed by atoms with Gasteiger partial charge in [-0.25, -0.2) is 8.78 Å². The molecule has 0 radical (unpaired) electrons. The molecule has 4 heteroatoms. The molecule has 0 saturated carbocycles. The van der Waals surface area contributed by atoms with Crippen LogP contribution >= 0.6 is 0 Å². The van der Waals surface area contributed by atoms with E-state index < -0.39 is 11.6 Å². The van der Waals surface area contributed by atoms with Gasteiger partial charge in [-0.2, -0.15) is 0 Å². The van der Waals surface area contributed by atoms with E-state index in [1.807, 2.05) is 12.1 Å². The van der Waals surface area contributed by atoms with E-state index in [1.165, 1.54) is 23.3 Å². The second kappa shape index (κ2) is 5.92. The molecular weight excluding hydrogens is 270 g/mol. The second-order valence-electron chi connectivity index (χ2n) is 5.66. The predicted octanol–water partition coefficient (Wildman–Crippen LogP) is 2.75. The van der Waals surface area contributed by atoms with Gasteiger partial charge in [0, 0.05) is 6.04 Å². The molecule has 2 nitrogen and oxygen atoms in total. The summed E-state index contributed by atoms with van der Waals surface area (Å²) in [5.41, 5.74) is 6.31. The van der Waals surface area contributed by atoms with E-state index in [0.29, 0.717) is 12.3 Å². The van der Waals surface area contributed by atoms with Gasteiger partial charge in [0.15, 0.2) is 11.6 Å². The number of fused-ring (bicyclic) bond motifs is 1. The first-order valence-electron chi connectivity index (χ1n) is 7.14. The summed E-state index contributed by atoms with van der Waals surface area (Å²) in [6, 6.07) is 12.4. The number of hydrogen-bond donors (Lipinski definition) is 2. The molecular formula is C17H18F2N2. The van der Waals surface area contributed by atoms with Crippen molar-refractivity contribution in [1.82, 2.24) is 5.43 Å². The fourth-order valence-corrected chi connectivity index (χ4v) is 3.16. The van der Waals surface area contributed by atoms with Gasteiger partial charge in [0.25, 0.3) is 0 Å². The van der Waals surface area contributed by atoms with Crippen LogP contribution in [0.15, 0.2) is 42.5 Å². The topological polar surface area (TPSA) is 38.0 Å². The highest BCUT2D eigenvalue weighted by molar-refractivity contribution is 5.33. The molecule has 110 valence electrons. The average molecular weight is 288 g/mol. The van der Waals surface area contributed by atoms with Crippen LogP contribution in [0, 0.1) is 17.6 Å². The summed E-state index contributed by atoms with van der Waals surface area (Å²) >= 11 is 0. The van der Waals surface area contributed by atoms with Crippen molar-refractivity contribution in [2.24, 2.45) is 11.8 Å². The van der Waals surface area contributed by atoms with Gasteiger partial charge in [-0.05, 0) is 54.0 Å². The Labute approximate surface area is 122 Å². The second-order valence-corrected chi connectivity index (χ2v) is 5.66. The van der Waals surface area contributed by atoms with Crippen LogP contribution in [0.3, 0.4) is 0 Å². The summed E-state index contributed by atoms with van der Waals surface area (Å²) in [5.74, 6) is 4.44. The Morgan fingerprint density at radius 1 is 1.05 bits per heavy atom. The Bertz CT molecular complexity index is 617. The minimum atomic E-state index is -0.815. The number of hydrogen-bond acceptors (Lipinski definition) is 2. The molecule has 3 rings (SSSR count). The number of benzene rings is 2. The van der Waals surface area contributed by atoms with E-state index in [-0.39, 0.29) is 6.04 Å². The number of halogens is 2. The zero-order valence-corrected chi connectivity index (χ0v) is 11.7. The molecule has 1 aliphatic carbocycles. The third kappa shape index (κ3) is 2.96. The zero-order chi connectivity index (χ0) is 14.8. The molecule has 0 aromatic heterocycles. The van der Waals surface area contributed by atoms with Crippen LogP contribution in [0.4, 0.5) is 8.78 Å². The molecule has 0 fully saturated rings. The molecule has 1 aliphatic rings. The Morgan fingerprint density at radius 3 is 2.29 bits per heavy atom. The summed E-state index contributed by atoms with van der Waals surface area (Å²) in [5, 5.41) is 0. The lowest BCUT2D eigenvalue weighted by Gasteiger charge is -2.22. The van der Waals surface area contributed by atoms with Gasteiger partial charge in [-0.1, -0.05) is 30.3 Å². The molecule has 0 aliphatic heterocycles. The van der Waals surface area contributed by atoms with Crippen LogP contribution in [0.1, 0.15) is 16.7 Å². The van der Waals surface area contributed by atoms with Gasteiger partial charge in [-0.3, -0.25) is 11.3 Å². The van der Waals surface area contributed by atoms with Crippen molar-refractivity contribution in [2.75, 3.05) is 0 Å². The first-order valence-corrected chi connectivity index (χ1v) is 7.14. The SMILES string of the molecule is NNC(Cc1ccc(F)c(F)c1)C1Cc2ccccc2C1. The Morgan fingerprint density at radius 2 is 1.71 bits per heavy atom. The Balaban J connectivity index is 1.73. The minimum absolute atomic E-state index is 0.0438. The molecule has 2 aromatic rings. The predicted molar refractivity (Wildman–Crippen MR) is 78.5 cm³/mol. The number of hydrazine groups is 1. The summed E-state index contributed by atoms with van der Waals surface area (Å²) < 4.78 is 26.3. The van der Waals surface area contributed by atoms with Crippen molar-refractivity contribution >= 4 is 0 Å².